The van der Waals surface area contributed by atoms with E-state index in [1.54, 1.807) is 19.2 Å². The molecule has 0 saturated carbocycles. The Morgan fingerprint density at radius 2 is 2.09 bits per heavy atom. The summed E-state index contributed by atoms with van der Waals surface area (Å²) in [4.78, 5) is 8.27. The number of nitrogens with zero attached hydrogens (tertiary/aromatic N) is 3. The predicted molar refractivity (Wildman–Crippen MR) is 83.0 cm³/mol. The molecule has 0 N–H and O–H groups in total. The van der Waals surface area contributed by atoms with E-state index in [9.17, 15) is 12.8 Å². The van der Waals surface area contributed by atoms with E-state index in [0.717, 1.165) is 5.39 Å². The van der Waals surface area contributed by atoms with Gasteiger partial charge < -0.3 is 4.52 Å². The van der Waals surface area contributed by atoms with Crippen LogP contribution < -0.4 is 0 Å². The van der Waals surface area contributed by atoms with Crippen LogP contribution in [0.4, 0.5) is 4.39 Å². The average Bonchev–Trinajstić information content (AvgIpc) is 3.01. The van der Waals surface area contributed by atoms with Gasteiger partial charge in [-0.1, -0.05) is 12.1 Å². The summed E-state index contributed by atoms with van der Waals surface area (Å²) < 4.78 is 41.7. The molecule has 0 saturated heterocycles. The van der Waals surface area contributed by atoms with Crippen molar-refractivity contribution in [2.24, 2.45) is 0 Å². The van der Waals surface area contributed by atoms with Gasteiger partial charge in [0.05, 0.1) is 11.3 Å². The van der Waals surface area contributed by atoms with Gasteiger partial charge in [-0.25, -0.2) is 12.8 Å². The molecule has 0 aliphatic heterocycles. The van der Waals surface area contributed by atoms with Crippen molar-refractivity contribution in [2.45, 2.75) is 13.3 Å². The summed E-state index contributed by atoms with van der Waals surface area (Å²) in [5, 5.41) is 5.14. The SMILES string of the molecule is CCS(=O)(=O)CCc1noc(-c2cncc3ccc(F)cc23)n1. The van der Waals surface area contributed by atoms with Gasteiger partial charge in [0, 0.05) is 35.3 Å². The van der Waals surface area contributed by atoms with Gasteiger partial charge in [-0.05, 0) is 18.2 Å². The van der Waals surface area contributed by atoms with Crippen molar-refractivity contribution in [3.8, 4) is 11.5 Å². The second-order valence-corrected chi connectivity index (χ2v) is 7.53. The van der Waals surface area contributed by atoms with Gasteiger partial charge >= 0.3 is 0 Å². The highest BCUT2D eigenvalue weighted by Crippen LogP contribution is 2.27. The van der Waals surface area contributed by atoms with Crippen LogP contribution in [0, 0.1) is 5.82 Å². The van der Waals surface area contributed by atoms with Crippen molar-refractivity contribution in [1.82, 2.24) is 15.1 Å². The minimum Gasteiger partial charge on any atom is -0.334 e. The smallest absolute Gasteiger partial charge is 0.260 e. The molecule has 0 aliphatic carbocycles. The fourth-order valence-electron chi connectivity index (χ4n) is 2.16. The van der Waals surface area contributed by atoms with Crippen LogP contribution in [0.2, 0.25) is 0 Å². The van der Waals surface area contributed by atoms with Crippen molar-refractivity contribution in [3.05, 3.63) is 42.2 Å². The predicted octanol–water partition coefficient (Wildman–Crippen LogP) is 2.40. The number of hydrogen-bond acceptors (Lipinski definition) is 6. The highest BCUT2D eigenvalue weighted by atomic mass is 32.2. The van der Waals surface area contributed by atoms with Crippen molar-refractivity contribution in [3.63, 3.8) is 0 Å². The van der Waals surface area contributed by atoms with Gasteiger partial charge in [-0.15, -0.1) is 0 Å². The fraction of sp³-hybridized carbons (Fsp3) is 0.267. The third-order valence-corrected chi connectivity index (χ3v) is 5.20. The first-order valence-electron chi connectivity index (χ1n) is 7.05. The number of rotatable bonds is 5. The number of fused-ring (bicyclic) bond motifs is 1. The summed E-state index contributed by atoms with van der Waals surface area (Å²) in [5.74, 6) is 0.150. The lowest BCUT2D eigenvalue weighted by Gasteiger charge is -2.01. The zero-order chi connectivity index (χ0) is 16.4. The first-order valence-corrected chi connectivity index (χ1v) is 8.87. The van der Waals surface area contributed by atoms with E-state index < -0.39 is 9.84 Å². The van der Waals surface area contributed by atoms with E-state index in [1.807, 2.05) is 0 Å². The topological polar surface area (TPSA) is 86.0 Å². The number of halogens is 1. The number of aromatic nitrogens is 3. The Balaban J connectivity index is 1.93. The normalized spacial score (nSPS) is 11.9. The van der Waals surface area contributed by atoms with Crippen LogP contribution in [0.5, 0.6) is 0 Å². The monoisotopic (exact) mass is 335 g/mol. The number of pyridine rings is 1. The van der Waals surface area contributed by atoms with Crippen LogP contribution >= 0.6 is 0 Å². The standard InChI is InChI=1S/C15H14FN3O3S/c1-2-23(20,21)6-5-14-18-15(22-19-14)13-9-17-8-10-3-4-11(16)7-12(10)13/h3-4,7-9H,2,5-6H2,1H3. The maximum absolute atomic E-state index is 13.5. The van der Waals surface area contributed by atoms with Gasteiger partial charge in [0.25, 0.3) is 5.89 Å². The van der Waals surface area contributed by atoms with Crippen LogP contribution in [0.15, 0.2) is 35.1 Å². The van der Waals surface area contributed by atoms with Crippen molar-refractivity contribution < 1.29 is 17.3 Å². The molecule has 0 fully saturated rings. The maximum Gasteiger partial charge on any atom is 0.260 e. The lowest BCUT2D eigenvalue weighted by molar-refractivity contribution is 0.423. The summed E-state index contributed by atoms with van der Waals surface area (Å²) in [6, 6.07) is 4.34. The van der Waals surface area contributed by atoms with Crippen molar-refractivity contribution >= 4 is 20.6 Å². The van der Waals surface area contributed by atoms with Crippen LogP contribution in [0.3, 0.4) is 0 Å². The third-order valence-electron chi connectivity index (χ3n) is 3.50. The van der Waals surface area contributed by atoms with Crippen LogP contribution in [-0.4, -0.2) is 35.0 Å². The molecule has 8 heteroatoms. The molecule has 0 spiro atoms. The van der Waals surface area contributed by atoms with Gasteiger partial charge in [0.15, 0.2) is 5.82 Å². The molecule has 2 aromatic heterocycles. The molecule has 23 heavy (non-hydrogen) atoms. The molecule has 0 bridgehead atoms. The summed E-state index contributed by atoms with van der Waals surface area (Å²) in [6.45, 7) is 1.59. The molecule has 0 amide bonds. The zero-order valence-corrected chi connectivity index (χ0v) is 13.2. The van der Waals surface area contributed by atoms with E-state index >= 15 is 0 Å². The molecule has 6 nitrogen and oxygen atoms in total. The molecule has 0 aliphatic rings. The highest BCUT2D eigenvalue weighted by Gasteiger charge is 2.15. The van der Waals surface area contributed by atoms with Crippen LogP contribution in [0.1, 0.15) is 12.7 Å². The molecule has 1 aromatic carbocycles. The molecule has 2 heterocycles. The molecule has 0 atom stereocenters. The summed E-state index contributed by atoms with van der Waals surface area (Å²) >= 11 is 0. The Hall–Kier alpha value is -2.35. The minimum atomic E-state index is -3.10. The molecular formula is C15H14FN3O3S. The second-order valence-electron chi connectivity index (χ2n) is 5.05. The Labute approximate surface area is 132 Å². The molecular weight excluding hydrogens is 321 g/mol. The lowest BCUT2D eigenvalue weighted by Crippen LogP contribution is -2.11. The Morgan fingerprint density at radius 1 is 1.26 bits per heavy atom. The molecule has 3 rings (SSSR count). The van der Waals surface area contributed by atoms with E-state index in [0.29, 0.717) is 16.8 Å². The number of benzene rings is 1. The zero-order valence-electron chi connectivity index (χ0n) is 12.4. The second kappa shape index (κ2) is 6.04. The van der Waals surface area contributed by atoms with E-state index in [4.69, 9.17) is 4.52 Å². The lowest BCUT2D eigenvalue weighted by atomic mass is 10.1. The first kappa shape index (κ1) is 15.5. The Kier molecular flexibility index (Phi) is 4.08. The molecule has 0 radical (unpaired) electrons. The first-order chi connectivity index (χ1) is 11.0. The summed E-state index contributed by atoms with van der Waals surface area (Å²) in [6.07, 6.45) is 3.30. The van der Waals surface area contributed by atoms with Crippen molar-refractivity contribution in [2.75, 3.05) is 11.5 Å². The summed E-state index contributed by atoms with van der Waals surface area (Å²) in [5.41, 5.74) is 0.513. The van der Waals surface area contributed by atoms with E-state index in [1.165, 1.54) is 18.3 Å². The average molecular weight is 335 g/mol. The molecule has 120 valence electrons. The van der Waals surface area contributed by atoms with Gasteiger partial charge in [0.2, 0.25) is 0 Å². The van der Waals surface area contributed by atoms with E-state index in [-0.39, 0.29) is 29.6 Å². The Bertz CT molecular complexity index is 954. The van der Waals surface area contributed by atoms with Gasteiger partial charge in [0.1, 0.15) is 15.7 Å². The fourth-order valence-corrected chi connectivity index (χ4v) is 2.94. The van der Waals surface area contributed by atoms with Crippen LogP contribution in [0.25, 0.3) is 22.2 Å². The van der Waals surface area contributed by atoms with Gasteiger partial charge in [-0.3, -0.25) is 4.98 Å². The third kappa shape index (κ3) is 3.37. The quantitative estimate of drug-likeness (QED) is 0.712. The number of hydrogen-bond donors (Lipinski definition) is 0. The Morgan fingerprint density at radius 3 is 2.87 bits per heavy atom. The largest absolute Gasteiger partial charge is 0.334 e. The minimum absolute atomic E-state index is 0.0368. The maximum atomic E-state index is 13.5. The molecule has 0 unspecified atom stereocenters. The van der Waals surface area contributed by atoms with Crippen molar-refractivity contribution in [1.29, 1.82) is 0 Å². The highest BCUT2D eigenvalue weighted by molar-refractivity contribution is 7.91. The van der Waals surface area contributed by atoms with Gasteiger partial charge in [-0.2, -0.15) is 4.98 Å². The summed E-state index contributed by atoms with van der Waals surface area (Å²) in [7, 11) is -3.10. The number of sulfone groups is 1. The molecule has 3 aromatic rings. The number of aryl methyl sites for hydroxylation is 1. The van der Waals surface area contributed by atoms with Crippen LogP contribution in [-0.2, 0) is 16.3 Å². The van der Waals surface area contributed by atoms with E-state index in [2.05, 4.69) is 15.1 Å².